The Morgan fingerprint density at radius 2 is 2.30 bits per heavy atom. The van der Waals surface area contributed by atoms with Crippen LogP contribution in [0.15, 0.2) is 22.7 Å². The molecule has 0 saturated heterocycles. The van der Waals surface area contributed by atoms with Gasteiger partial charge < -0.3 is 14.4 Å². The summed E-state index contributed by atoms with van der Waals surface area (Å²) in [6.45, 7) is 1.94. The highest BCUT2D eigenvalue weighted by Gasteiger charge is 2.28. The number of nitrogens with zero attached hydrogens (tertiary/aromatic N) is 2. The molecule has 0 bridgehead atoms. The molecule has 1 fully saturated rings. The Balaban J connectivity index is 1.73. The number of hydrogen-bond donors (Lipinski definition) is 1. The van der Waals surface area contributed by atoms with Crippen LogP contribution < -0.4 is 4.74 Å². The van der Waals surface area contributed by atoms with Crippen molar-refractivity contribution in [1.29, 1.82) is 0 Å². The average molecular weight is 274 g/mol. The van der Waals surface area contributed by atoms with Gasteiger partial charge in [-0.15, -0.1) is 0 Å². The van der Waals surface area contributed by atoms with Gasteiger partial charge in [0.2, 0.25) is 0 Å². The molecule has 1 N–H and O–H groups in total. The SMILES string of the molecule is Cc1ccc(C(=O)O)c(OCc2nc(C3CC3)no2)c1. The van der Waals surface area contributed by atoms with E-state index in [0.717, 1.165) is 18.4 Å². The van der Waals surface area contributed by atoms with Gasteiger partial charge in [0.05, 0.1) is 0 Å². The van der Waals surface area contributed by atoms with Crippen molar-refractivity contribution in [1.82, 2.24) is 10.1 Å². The summed E-state index contributed by atoms with van der Waals surface area (Å²) in [5.74, 6) is 0.782. The lowest BCUT2D eigenvalue weighted by molar-refractivity contribution is 0.0691. The van der Waals surface area contributed by atoms with Crippen LogP contribution in [-0.2, 0) is 6.61 Å². The van der Waals surface area contributed by atoms with E-state index in [-0.39, 0.29) is 12.2 Å². The van der Waals surface area contributed by atoms with Crippen LogP contribution in [-0.4, -0.2) is 21.2 Å². The molecule has 6 nitrogen and oxygen atoms in total. The Hall–Kier alpha value is -2.37. The van der Waals surface area contributed by atoms with E-state index in [1.807, 2.05) is 6.92 Å². The topological polar surface area (TPSA) is 85.5 Å². The van der Waals surface area contributed by atoms with Gasteiger partial charge in [-0.1, -0.05) is 11.2 Å². The number of carboxylic acid groups (broad SMARTS) is 1. The number of carboxylic acids is 1. The number of aromatic carboxylic acids is 1. The molecule has 0 radical (unpaired) electrons. The van der Waals surface area contributed by atoms with E-state index >= 15 is 0 Å². The standard InChI is InChI=1S/C14H14N2O4/c1-8-2-5-10(14(17)18)11(6-8)19-7-12-15-13(16-20-12)9-3-4-9/h2,5-6,9H,3-4,7H2,1H3,(H,17,18). The molecule has 6 heteroatoms. The van der Waals surface area contributed by atoms with Crippen molar-refractivity contribution in [3.05, 3.63) is 41.0 Å². The van der Waals surface area contributed by atoms with Crippen molar-refractivity contribution < 1.29 is 19.2 Å². The van der Waals surface area contributed by atoms with Gasteiger partial charge in [0.15, 0.2) is 12.4 Å². The van der Waals surface area contributed by atoms with Gasteiger partial charge in [0.25, 0.3) is 5.89 Å². The molecule has 0 aliphatic heterocycles. The summed E-state index contributed by atoms with van der Waals surface area (Å²) in [5, 5.41) is 13.0. The summed E-state index contributed by atoms with van der Waals surface area (Å²) in [6, 6.07) is 4.94. The highest BCUT2D eigenvalue weighted by atomic mass is 16.5. The maximum absolute atomic E-state index is 11.1. The molecular formula is C14H14N2O4. The van der Waals surface area contributed by atoms with E-state index in [2.05, 4.69) is 10.1 Å². The molecule has 0 atom stereocenters. The summed E-state index contributed by atoms with van der Waals surface area (Å²) in [6.07, 6.45) is 2.20. The largest absolute Gasteiger partial charge is 0.483 e. The third kappa shape index (κ3) is 2.64. The van der Waals surface area contributed by atoms with E-state index in [9.17, 15) is 4.79 Å². The Kier molecular flexibility index (Phi) is 3.14. The molecule has 0 spiro atoms. The Labute approximate surface area is 115 Å². The maximum Gasteiger partial charge on any atom is 0.339 e. The molecule has 1 saturated carbocycles. The summed E-state index contributed by atoms with van der Waals surface area (Å²) in [5.41, 5.74) is 1.05. The van der Waals surface area contributed by atoms with Crippen LogP contribution in [0, 0.1) is 6.92 Å². The molecule has 1 aliphatic carbocycles. The number of carbonyl (C=O) groups is 1. The molecule has 1 heterocycles. The molecule has 1 aromatic heterocycles. The fourth-order valence-corrected chi connectivity index (χ4v) is 1.90. The summed E-state index contributed by atoms with van der Waals surface area (Å²) in [7, 11) is 0. The van der Waals surface area contributed by atoms with Crippen LogP contribution in [0.3, 0.4) is 0 Å². The zero-order valence-corrected chi connectivity index (χ0v) is 11.0. The summed E-state index contributed by atoms with van der Waals surface area (Å²) in [4.78, 5) is 15.3. The van der Waals surface area contributed by atoms with Gasteiger partial charge in [-0.3, -0.25) is 0 Å². The number of rotatable bonds is 5. The predicted octanol–water partition coefficient (Wildman–Crippen LogP) is 2.53. The van der Waals surface area contributed by atoms with Crippen molar-refractivity contribution in [2.45, 2.75) is 32.3 Å². The average Bonchev–Trinajstić information content (AvgIpc) is 3.15. The third-order valence-corrected chi connectivity index (χ3v) is 3.14. The maximum atomic E-state index is 11.1. The molecule has 20 heavy (non-hydrogen) atoms. The number of benzene rings is 1. The van der Waals surface area contributed by atoms with Gasteiger partial charge in [0.1, 0.15) is 11.3 Å². The first-order valence-electron chi connectivity index (χ1n) is 6.42. The highest BCUT2D eigenvalue weighted by Crippen LogP contribution is 2.38. The van der Waals surface area contributed by atoms with E-state index in [4.69, 9.17) is 14.4 Å². The second-order valence-electron chi connectivity index (χ2n) is 4.91. The van der Waals surface area contributed by atoms with Crippen LogP contribution >= 0.6 is 0 Å². The van der Waals surface area contributed by atoms with Crippen molar-refractivity contribution in [2.75, 3.05) is 0 Å². The van der Waals surface area contributed by atoms with Crippen LogP contribution in [0.2, 0.25) is 0 Å². The lowest BCUT2D eigenvalue weighted by Gasteiger charge is -2.07. The number of ether oxygens (including phenoxy) is 1. The van der Waals surface area contributed by atoms with Gasteiger partial charge in [-0.2, -0.15) is 4.98 Å². The first-order chi connectivity index (χ1) is 9.63. The smallest absolute Gasteiger partial charge is 0.339 e. The van der Waals surface area contributed by atoms with E-state index < -0.39 is 5.97 Å². The zero-order chi connectivity index (χ0) is 14.1. The Morgan fingerprint density at radius 1 is 1.50 bits per heavy atom. The lowest BCUT2D eigenvalue weighted by atomic mass is 10.1. The van der Waals surface area contributed by atoms with Gasteiger partial charge in [-0.05, 0) is 37.5 Å². The molecule has 2 aromatic rings. The molecule has 3 rings (SSSR count). The quantitative estimate of drug-likeness (QED) is 0.901. The predicted molar refractivity (Wildman–Crippen MR) is 68.7 cm³/mol. The van der Waals surface area contributed by atoms with Crippen molar-refractivity contribution in [3.63, 3.8) is 0 Å². The highest BCUT2D eigenvalue weighted by molar-refractivity contribution is 5.90. The van der Waals surface area contributed by atoms with Crippen LogP contribution in [0.5, 0.6) is 5.75 Å². The lowest BCUT2D eigenvalue weighted by Crippen LogP contribution is -2.04. The van der Waals surface area contributed by atoms with E-state index in [1.165, 1.54) is 6.07 Å². The Morgan fingerprint density at radius 3 is 3.00 bits per heavy atom. The van der Waals surface area contributed by atoms with Crippen molar-refractivity contribution >= 4 is 5.97 Å². The molecule has 0 amide bonds. The molecular weight excluding hydrogens is 260 g/mol. The van der Waals surface area contributed by atoms with Gasteiger partial charge >= 0.3 is 5.97 Å². The molecule has 1 aromatic carbocycles. The second kappa shape index (κ2) is 4.96. The number of aryl methyl sites for hydroxylation is 1. The third-order valence-electron chi connectivity index (χ3n) is 3.14. The first-order valence-corrected chi connectivity index (χ1v) is 6.42. The van der Waals surface area contributed by atoms with E-state index in [1.54, 1.807) is 12.1 Å². The van der Waals surface area contributed by atoms with Crippen LogP contribution in [0.4, 0.5) is 0 Å². The monoisotopic (exact) mass is 274 g/mol. The second-order valence-corrected chi connectivity index (χ2v) is 4.91. The molecule has 1 aliphatic rings. The molecule has 0 unspecified atom stereocenters. The van der Waals surface area contributed by atoms with E-state index in [0.29, 0.717) is 23.4 Å². The number of aromatic nitrogens is 2. The van der Waals surface area contributed by atoms with Crippen LogP contribution in [0.25, 0.3) is 0 Å². The zero-order valence-electron chi connectivity index (χ0n) is 11.0. The minimum Gasteiger partial charge on any atom is -0.483 e. The van der Waals surface area contributed by atoms with Crippen molar-refractivity contribution in [3.8, 4) is 5.75 Å². The van der Waals surface area contributed by atoms with Crippen molar-refractivity contribution in [2.24, 2.45) is 0 Å². The number of hydrogen-bond acceptors (Lipinski definition) is 5. The van der Waals surface area contributed by atoms with Crippen LogP contribution in [0.1, 0.15) is 46.4 Å². The summed E-state index contributed by atoms with van der Waals surface area (Å²) >= 11 is 0. The molecule has 104 valence electrons. The Bertz CT molecular complexity index is 646. The summed E-state index contributed by atoms with van der Waals surface area (Å²) < 4.78 is 10.6. The minimum absolute atomic E-state index is 0.0729. The van der Waals surface area contributed by atoms with Gasteiger partial charge in [0, 0.05) is 5.92 Å². The first kappa shape index (κ1) is 12.7. The fourth-order valence-electron chi connectivity index (χ4n) is 1.90. The minimum atomic E-state index is -1.02. The fraction of sp³-hybridized carbons (Fsp3) is 0.357. The normalized spacial score (nSPS) is 14.2. The van der Waals surface area contributed by atoms with Gasteiger partial charge in [-0.25, -0.2) is 4.79 Å².